The fourth-order valence-corrected chi connectivity index (χ4v) is 2.05. The Morgan fingerprint density at radius 2 is 2.19 bits per heavy atom. The van der Waals surface area contributed by atoms with E-state index in [2.05, 4.69) is 15.6 Å². The van der Waals surface area contributed by atoms with Crippen molar-refractivity contribution in [2.75, 3.05) is 20.3 Å². The summed E-state index contributed by atoms with van der Waals surface area (Å²) in [5.74, 6) is 1.56. The van der Waals surface area contributed by atoms with Crippen molar-refractivity contribution >= 4 is 0 Å². The summed E-state index contributed by atoms with van der Waals surface area (Å²) in [7, 11) is 1.65. The summed E-state index contributed by atoms with van der Waals surface area (Å²) in [6.07, 6.45) is 4.58. The Labute approximate surface area is 125 Å². The molecule has 0 fully saturated rings. The Bertz CT molecular complexity index is 528. The smallest absolute Gasteiger partial charge is 0.161 e. The third kappa shape index (κ3) is 4.75. The van der Waals surface area contributed by atoms with Gasteiger partial charge in [-0.3, -0.25) is 4.68 Å². The summed E-state index contributed by atoms with van der Waals surface area (Å²) in [5, 5.41) is 11.1. The van der Waals surface area contributed by atoms with Crippen LogP contribution in [0.1, 0.15) is 18.9 Å². The molecule has 2 aromatic rings. The van der Waals surface area contributed by atoms with E-state index in [1.54, 1.807) is 13.3 Å². The van der Waals surface area contributed by atoms with Gasteiger partial charge in [0.15, 0.2) is 11.5 Å². The lowest BCUT2D eigenvalue weighted by atomic mass is 10.2. The van der Waals surface area contributed by atoms with Crippen molar-refractivity contribution in [1.82, 2.24) is 20.3 Å². The van der Waals surface area contributed by atoms with Gasteiger partial charge in [0.05, 0.1) is 19.9 Å². The lowest BCUT2D eigenvalue weighted by molar-refractivity contribution is 0.310. The van der Waals surface area contributed by atoms with Gasteiger partial charge in [0.25, 0.3) is 0 Å². The first-order chi connectivity index (χ1) is 10.3. The van der Waals surface area contributed by atoms with E-state index in [4.69, 9.17) is 9.47 Å². The molecule has 0 spiro atoms. The normalized spacial score (nSPS) is 10.6. The van der Waals surface area contributed by atoms with Gasteiger partial charge in [0.2, 0.25) is 0 Å². The van der Waals surface area contributed by atoms with Gasteiger partial charge in [-0.15, -0.1) is 5.10 Å². The van der Waals surface area contributed by atoms with Gasteiger partial charge in [-0.2, -0.15) is 0 Å². The predicted molar refractivity (Wildman–Crippen MR) is 80.5 cm³/mol. The highest BCUT2D eigenvalue weighted by Crippen LogP contribution is 2.27. The van der Waals surface area contributed by atoms with Gasteiger partial charge in [0.1, 0.15) is 0 Å². The Balaban J connectivity index is 1.76. The molecule has 6 nitrogen and oxygen atoms in total. The second-order valence-corrected chi connectivity index (χ2v) is 4.61. The highest BCUT2D eigenvalue weighted by Gasteiger charge is 2.05. The van der Waals surface area contributed by atoms with Gasteiger partial charge < -0.3 is 14.8 Å². The van der Waals surface area contributed by atoms with Gasteiger partial charge in [-0.05, 0) is 37.6 Å². The van der Waals surface area contributed by atoms with Gasteiger partial charge in [-0.25, -0.2) is 0 Å². The van der Waals surface area contributed by atoms with E-state index in [1.807, 2.05) is 36.0 Å². The quantitative estimate of drug-likeness (QED) is 0.714. The van der Waals surface area contributed by atoms with Crippen LogP contribution in [-0.2, 0) is 13.1 Å². The standard InChI is InChI=1S/C15H22N4O2/c1-3-21-15-11-13(5-6-14(15)20-2)12-16-7-4-9-19-10-8-17-18-19/h5-6,8,10-11,16H,3-4,7,9,12H2,1-2H3. The molecule has 21 heavy (non-hydrogen) atoms. The molecule has 0 atom stereocenters. The topological polar surface area (TPSA) is 61.2 Å². The second-order valence-electron chi connectivity index (χ2n) is 4.61. The Morgan fingerprint density at radius 1 is 1.29 bits per heavy atom. The van der Waals surface area contributed by atoms with E-state index in [9.17, 15) is 0 Å². The maximum atomic E-state index is 5.57. The summed E-state index contributed by atoms with van der Waals surface area (Å²) in [6.45, 7) is 5.21. The van der Waals surface area contributed by atoms with Crippen molar-refractivity contribution in [2.24, 2.45) is 0 Å². The Hall–Kier alpha value is -2.08. The average molecular weight is 290 g/mol. The third-order valence-electron chi connectivity index (χ3n) is 3.07. The van der Waals surface area contributed by atoms with Gasteiger partial charge in [0, 0.05) is 19.3 Å². The predicted octanol–water partition coefficient (Wildman–Crippen LogP) is 1.87. The second kappa shape index (κ2) is 8.26. The first kappa shape index (κ1) is 15.3. The van der Waals surface area contributed by atoms with Crippen molar-refractivity contribution in [2.45, 2.75) is 26.4 Å². The SMILES string of the molecule is CCOc1cc(CNCCCn2ccnn2)ccc1OC. The molecule has 0 saturated heterocycles. The number of rotatable bonds is 9. The zero-order chi connectivity index (χ0) is 14.9. The maximum Gasteiger partial charge on any atom is 0.161 e. The van der Waals surface area contributed by atoms with E-state index in [0.717, 1.165) is 37.6 Å². The number of benzene rings is 1. The molecule has 2 rings (SSSR count). The highest BCUT2D eigenvalue weighted by atomic mass is 16.5. The lowest BCUT2D eigenvalue weighted by Crippen LogP contribution is -2.16. The first-order valence-corrected chi connectivity index (χ1v) is 7.18. The summed E-state index contributed by atoms with van der Waals surface area (Å²) in [5.41, 5.74) is 1.18. The van der Waals surface area contributed by atoms with Crippen LogP contribution in [0.15, 0.2) is 30.6 Å². The van der Waals surface area contributed by atoms with Crippen molar-refractivity contribution in [3.63, 3.8) is 0 Å². The van der Waals surface area contributed by atoms with Crippen molar-refractivity contribution < 1.29 is 9.47 Å². The average Bonchev–Trinajstić information content (AvgIpc) is 3.01. The van der Waals surface area contributed by atoms with E-state index in [0.29, 0.717) is 6.61 Å². The Morgan fingerprint density at radius 3 is 2.90 bits per heavy atom. The zero-order valence-corrected chi connectivity index (χ0v) is 12.6. The van der Waals surface area contributed by atoms with E-state index in [-0.39, 0.29) is 0 Å². The minimum absolute atomic E-state index is 0.630. The number of nitrogens with zero attached hydrogens (tertiary/aromatic N) is 3. The summed E-state index contributed by atoms with van der Waals surface area (Å²) < 4.78 is 12.7. The fourth-order valence-electron chi connectivity index (χ4n) is 2.05. The van der Waals surface area contributed by atoms with Crippen LogP contribution in [0.5, 0.6) is 11.5 Å². The van der Waals surface area contributed by atoms with Crippen molar-refractivity contribution in [3.05, 3.63) is 36.2 Å². The molecular formula is C15H22N4O2. The fraction of sp³-hybridized carbons (Fsp3) is 0.467. The number of hydrogen-bond donors (Lipinski definition) is 1. The molecule has 0 amide bonds. The molecule has 6 heteroatoms. The largest absolute Gasteiger partial charge is 0.493 e. The van der Waals surface area contributed by atoms with Crippen LogP contribution in [0, 0.1) is 0 Å². The van der Waals surface area contributed by atoms with E-state index < -0.39 is 0 Å². The van der Waals surface area contributed by atoms with Crippen LogP contribution >= 0.6 is 0 Å². The number of hydrogen-bond acceptors (Lipinski definition) is 5. The number of aryl methyl sites for hydroxylation is 1. The molecule has 1 aromatic heterocycles. The molecule has 0 unspecified atom stereocenters. The summed E-state index contributed by atoms with van der Waals surface area (Å²) in [6, 6.07) is 6.01. The molecule has 0 aliphatic heterocycles. The summed E-state index contributed by atoms with van der Waals surface area (Å²) in [4.78, 5) is 0. The van der Waals surface area contributed by atoms with Crippen LogP contribution in [0.3, 0.4) is 0 Å². The monoisotopic (exact) mass is 290 g/mol. The number of ether oxygens (including phenoxy) is 2. The third-order valence-corrected chi connectivity index (χ3v) is 3.07. The molecular weight excluding hydrogens is 268 g/mol. The minimum atomic E-state index is 0.630. The highest BCUT2D eigenvalue weighted by molar-refractivity contribution is 5.42. The molecule has 0 aliphatic carbocycles. The van der Waals surface area contributed by atoms with Crippen LogP contribution in [0.2, 0.25) is 0 Å². The number of aromatic nitrogens is 3. The number of methoxy groups -OCH3 is 1. The lowest BCUT2D eigenvalue weighted by Gasteiger charge is -2.11. The minimum Gasteiger partial charge on any atom is -0.493 e. The first-order valence-electron chi connectivity index (χ1n) is 7.18. The van der Waals surface area contributed by atoms with Gasteiger partial charge in [-0.1, -0.05) is 11.3 Å². The molecule has 1 N–H and O–H groups in total. The van der Waals surface area contributed by atoms with Gasteiger partial charge >= 0.3 is 0 Å². The summed E-state index contributed by atoms with van der Waals surface area (Å²) >= 11 is 0. The Kier molecular flexibility index (Phi) is 6.02. The van der Waals surface area contributed by atoms with Crippen LogP contribution in [-0.4, -0.2) is 35.3 Å². The van der Waals surface area contributed by atoms with Crippen molar-refractivity contribution in [3.8, 4) is 11.5 Å². The molecule has 0 saturated carbocycles. The molecule has 1 heterocycles. The molecule has 0 radical (unpaired) electrons. The van der Waals surface area contributed by atoms with Crippen LogP contribution < -0.4 is 14.8 Å². The van der Waals surface area contributed by atoms with Crippen LogP contribution in [0.25, 0.3) is 0 Å². The maximum absolute atomic E-state index is 5.57. The van der Waals surface area contributed by atoms with E-state index >= 15 is 0 Å². The van der Waals surface area contributed by atoms with Crippen LogP contribution in [0.4, 0.5) is 0 Å². The molecule has 114 valence electrons. The molecule has 1 aromatic carbocycles. The molecule has 0 aliphatic rings. The van der Waals surface area contributed by atoms with Crippen molar-refractivity contribution in [1.29, 1.82) is 0 Å². The molecule has 0 bridgehead atoms. The van der Waals surface area contributed by atoms with E-state index in [1.165, 1.54) is 5.56 Å². The number of nitrogens with one attached hydrogen (secondary N) is 1. The zero-order valence-electron chi connectivity index (χ0n) is 12.6.